The van der Waals surface area contributed by atoms with Gasteiger partial charge < -0.3 is 9.88 Å². The van der Waals surface area contributed by atoms with Crippen LogP contribution in [0.15, 0.2) is 24.4 Å². The van der Waals surface area contributed by atoms with Gasteiger partial charge in [0.2, 0.25) is 0 Å². The summed E-state index contributed by atoms with van der Waals surface area (Å²) in [5.41, 5.74) is 1.18. The van der Waals surface area contributed by atoms with Gasteiger partial charge in [0.05, 0.1) is 12.1 Å². The maximum absolute atomic E-state index is 13.6. The monoisotopic (exact) mass is 275 g/mol. The first-order valence-corrected chi connectivity index (χ1v) is 6.84. The lowest BCUT2D eigenvalue weighted by Crippen LogP contribution is -2.46. The fourth-order valence-electron chi connectivity index (χ4n) is 2.65. The molecule has 0 radical (unpaired) electrons. The van der Waals surface area contributed by atoms with E-state index in [-0.39, 0.29) is 11.6 Å². The molecule has 5 heteroatoms. The number of rotatable bonds is 3. The Labute approximate surface area is 117 Å². The number of fused-ring (bicyclic) bond motifs is 1. The Bertz CT molecular complexity index is 629. The Kier molecular flexibility index (Phi) is 3.54. The van der Waals surface area contributed by atoms with Crippen molar-refractivity contribution >= 4 is 16.7 Å². The molecule has 4 nitrogen and oxygen atoms in total. The van der Waals surface area contributed by atoms with E-state index < -0.39 is 0 Å². The van der Waals surface area contributed by atoms with Crippen LogP contribution < -0.4 is 0 Å². The number of halogens is 1. The van der Waals surface area contributed by atoms with Gasteiger partial charge in [-0.05, 0) is 25.2 Å². The molecule has 106 valence electrons. The Morgan fingerprint density at radius 3 is 2.80 bits per heavy atom. The summed E-state index contributed by atoms with van der Waals surface area (Å²) >= 11 is 0. The van der Waals surface area contributed by atoms with Gasteiger partial charge in [0, 0.05) is 43.3 Å². The molecule has 1 aliphatic heterocycles. The molecule has 0 bridgehead atoms. The van der Waals surface area contributed by atoms with E-state index in [1.165, 1.54) is 12.1 Å². The van der Waals surface area contributed by atoms with Crippen molar-refractivity contribution in [3.63, 3.8) is 0 Å². The first kappa shape index (κ1) is 13.3. The first-order valence-electron chi connectivity index (χ1n) is 6.84. The summed E-state index contributed by atoms with van der Waals surface area (Å²) in [6.07, 6.45) is 1.73. The Morgan fingerprint density at radius 2 is 2.05 bits per heavy atom. The summed E-state index contributed by atoms with van der Waals surface area (Å²) in [6, 6.07) is 4.56. The summed E-state index contributed by atoms with van der Waals surface area (Å²) in [5, 5.41) is 0.742. The first-order chi connectivity index (χ1) is 9.63. The van der Waals surface area contributed by atoms with E-state index in [0.717, 1.165) is 37.1 Å². The van der Waals surface area contributed by atoms with Gasteiger partial charge in [-0.1, -0.05) is 0 Å². The molecule has 0 amide bonds. The lowest BCUT2D eigenvalue weighted by atomic mass is 10.1. The zero-order valence-corrected chi connectivity index (χ0v) is 11.5. The molecule has 3 rings (SSSR count). The van der Waals surface area contributed by atoms with Gasteiger partial charge in [0.1, 0.15) is 5.82 Å². The highest BCUT2D eigenvalue weighted by atomic mass is 19.1. The van der Waals surface area contributed by atoms with Gasteiger partial charge in [0.25, 0.3) is 0 Å². The minimum atomic E-state index is -0.362. The highest BCUT2D eigenvalue weighted by molar-refractivity contribution is 6.07. The number of carbonyl (C=O) groups excluding carboxylic acids is 1. The zero-order chi connectivity index (χ0) is 14.1. The fraction of sp³-hybridized carbons (Fsp3) is 0.400. The average Bonchev–Trinajstić information content (AvgIpc) is 2.88. The van der Waals surface area contributed by atoms with Crippen LogP contribution in [0.25, 0.3) is 10.9 Å². The summed E-state index contributed by atoms with van der Waals surface area (Å²) in [7, 11) is 2.08. The van der Waals surface area contributed by atoms with Crippen LogP contribution in [0.3, 0.4) is 0 Å². The fourth-order valence-corrected chi connectivity index (χ4v) is 2.65. The molecular weight excluding hydrogens is 257 g/mol. The number of carbonyl (C=O) groups is 1. The summed E-state index contributed by atoms with van der Waals surface area (Å²) in [6.45, 7) is 4.05. The molecule has 0 spiro atoms. The number of hydrogen-bond donors (Lipinski definition) is 1. The van der Waals surface area contributed by atoms with Gasteiger partial charge in [0.15, 0.2) is 5.78 Å². The highest BCUT2D eigenvalue weighted by Gasteiger charge is 2.19. The molecule has 1 aromatic heterocycles. The standard InChI is InChI=1S/C15H18FN3O/c1-18-4-6-19(7-5-18)10-14(20)13-9-12(16)8-11-2-3-17-15(11)13/h2-3,8-9,17H,4-7,10H2,1H3. The maximum atomic E-state index is 13.6. The van der Waals surface area contributed by atoms with Crippen LogP contribution >= 0.6 is 0 Å². The van der Waals surface area contributed by atoms with E-state index >= 15 is 0 Å². The molecule has 0 saturated carbocycles. The number of Topliss-reactive ketones (excluding diaryl/α,β-unsaturated/α-hetero) is 1. The summed E-state index contributed by atoms with van der Waals surface area (Å²) in [5.74, 6) is -0.389. The number of aromatic nitrogens is 1. The summed E-state index contributed by atoms with van der Waals surface area (Å²) in [4.78, 5) is 19.8. The van der Waals surface area contributed by atoms with Gasteiger partial charge in [-0.3, -0.25) is 9.69 Å². The number of piperazine rings is 1. The molecule has 1 aliphatic rings. The van der Waals surface area contributed by atoms with E-state index in [1.54, 1.807) is 12.3 Å². The van der Waals surface area contributed by atoms with E-state index in [2.05, 4.69) is 21.8 Å². The number of nitrogens with zero attached hydrogens (tertiary/aromatic N) is 2. The molecule has 0 atom stereocenters. The van der Waals surface area contributed by atoms with Crippen molar-refractivity contribution in [3.05, 3.63) is 35.8 Å². The van der Waals surface area contributed by atoms with Gasteiger partial charge in [-0.2, -0.15) is 0 Å². The van der Waals surface area contributed by atoms with Crippen molar-refractivity contribution in [2.24, 2.45) is 0 Å². The third kappa shape index (κ3) is 2.59. The second-order valence-electron chi connectivity index (χ2n) is 5.40. The van der Waals surface area contributed by atoms with Gasteiger partial charge in [-0.25, -0.2) is 4.39 Å². The molecule has 1 aromatic carbocycles. The average molecular weight is 275 g/mol. The predicted molar refractivity (Wildman–Crippen MR) is 76.5 cm³/mol. The van der Waals surface area contributed by atoms with E-state index in [4.69, 9.17) is 0 Å². The third-order valence-corrected chi connectivity index (χ3v) is 3.89. The largest absolute Gasteiger partial charge is 0.361 e. The van der Waals surface area contributed by atoms with Crippen LogP contribution in [0.1, 0.15) is 10.4 Å². The van der Waals surface area contributed by atoms with E-state index in [9.17, 15) is 9.18 Å². The molecule has 1 saturated heterocycles. The molecule has 2 heterocycles. The quantitative estimate of drug-likeness (QED) is 0.867. The van der Waals surface area contributed by atoms with Crippen LogP contribution in [-0.4, -0.2) is 60.3 Å². The number of likely N-dealkylation sites (N-methyl/N-ethyl adjacent to an activating group) is 1. The van der Waals surface area contributed by atoms with Crippen molar-refractivity contribution in [1.82, 2.24) is 14.8 Å². The topological polar surface area (TPSA) is 39.3 Å². The number of benzene rings is 1. The van der Waals surface area contributed by atoms with Crippen molar-refractivity contribution < 1.29 is 9.18 Å². The second kappa shape index (κ2) is 5.34. The van der Waals surface area contributed by atoms with Gasteiger partial charge in [-0.15, -0.1) is 0 Å². The third-order valence-electron chi connectivity index (χ3n) is 3.89. The van der Waals surface area contributed by atoms with Gasteiger partial charge >= 0.3 is 0 Å². The number of ketones is 1. The molecule has 0 unspecified atom stereocenters. The number of nitrogens with one attached hydrogen (secondary N) is 1. The van der Waals surface area contributed by atoms with Crippen molar-refractivity contribution in [1.29, 1.82) is 0 Å². The molecular formula is C15H18FN3O. The normalized spacial score (nSPS) is 17.7. The smallest absolute Gasteiger partial charge is 0.179 e. The highest BCUT2D eigenvalue weighted by Crippen LogP contribution is 2.20. The van der Waals surface area contributed by atoms with Crippen molar-refractivity contribution in [2.75, 3.05) is 39.8 Å². The van der Waals surface area contributed by atoms with Crippen LogP contribution in [0.5, 0.6) is 0 Å². The zero-order valence-electron chi connectivity index (χ0n) is 11.5. The number of aromatic amines is 1. The molecule has 20 heavy (non-hydrogen) atoms. The van der Waals surface area contributed by atoms with E-state index in [1.807, 2.05) is 0 Å². The van der Waals surface area contributed by atoms with Crippen LogP contribution in [0.4, 0.5) is 4.39 Å². The van der Waals surface area contributed by atoms with Crippen LogP contribution in [-0.2, 0) is 0 Å². The lowest BCUT2D eigenvalue weighted by Gasteiger charge is -2.31. The Hall–Kier alpha value is -1.72. The van der Waals surface area contributed by atoms with Crippen LogP contribution in [0.2, 0.25) is 0 Å². The minimum absolute atomic E-state index is 0.0264. The van der Waals surface area contributed by atoms with Crippen LogP contribution in [0, 0.1) is 5.82 Å². The minimum Gasteiger partial charge on any atom is -0.361 e. The molecule has 0 aliphatic carbocycles. The molecule has 2 aromatic rings. The maximum Gasteiger partial charge on any atom is 0.179 e. The van der Waals surface area contributed by atoms with Crippen molar-refractivity contribution in [2.45, 2.75) is 0 Å². The Balaban J connectivity index is 1.80. The van der Waals surface area contributed by atoms with E-state index in [0.29, 0.717) is 12.1 Å². The van der Waals surface area contributed by atoms with Crippen molar-refractivity contribution in [3.8, 4) is 0 Å². The second-order valence-corrected chi connectivity index (χ2v) is 5.40. The predicted octanol–water partition coefficient (Wildman–Crippen LogP) is 1.74. The Morgan fingerprint density at radius 1 is 1.30 bits per heavy atom. The SMILES string of the molecule is CN1CCN(CC(=O)c2cc(F)cc3cc[nH]c23)CC1. The number of hydrogen-bond acceptors (Lipinski definition) is 3. The molecule has 1 fully saturated rings. The molecule has 1 N–H and O–H groups in total. The lowest BCUT2D eigenvalue weighted by molar-refractivity contribution is 0.0877. The number of H-pyrrole nitrogens is 1. The summed E-state index contributed by atoms with van der Waals surface area (Å²) < 4.78 is 13.6.